The second-order valence-electron chi connectivity index (χ2n) is 3.58. The smallest absolute Gasteiger partial charge is 0.182 e. The molecule has 0 saturated carbocycles. The van der Waals surface area contributed by atoms with E-state index in [-0.39, 0.29) is 4.90 Å². The first-order chi connectivity index (χ1) is 6.37. The van der Waals surface area contributed by atoms with Crippen molar-refractivity contribution < 1.29 is 8.42 Å². The first-order valence-corrected chi connectivity index (χ1v) is 6.01. The van der Waals surface area contributed by atoms with Crippen LogP contribution in [0.25, 0.3) is 0 Å². The molecule has 0 aliphatic rings. The Kier molecular flexibility index (Phi) is 2.85. The van der Waals surface area contributed by atoms with Crippen LogP contribution < -0.4 is 5.73 Å². The van der Waals surface area contributed by atoms with Gasteiger partial charge in [0.15, 0.2) is 9.84 Å². The normalized spacial score (nSPS) is 12.0. The van der Waals surface area contributed by atoms with E-state index in [4.69, 9.17) is 5.73 Å². The van der Waals surface area contributed by atoms with Crippen molar-refractivity contribution in [3.63, 3.8) is 0 Å². The summed E-state index contributed by atoms with van der Waals surface area (Å²) in [5.74, 6) is 0. The van der Waals surface area contributed by atoms with Gasteiger partial charge >= 0.3 is 0 Å². The lowest BCUT2D eigenvalue weighted by Crippen LogP contribution is -2.16. The number of sulfone groups is 1. The summed E-state index contributed by atoms with van der Waals surface area (Å²) >= 11 is 0. The van der Waals surface area contributed by atoms with Crippen molar-refractivity contribution in [2.45, 2.75) is 30.9 Å². The van der Waals surface area contributed by atoms with Gasteiger partial charge in [0.2, 0.25) is 0 Å². The number of nitrogen functional groups attached to an aromatic ring is 1. The summed E-state index contributed by atoms with van der Waals surface area (Å²) in [5, 5.41) is -0.438. The van der Waals surface area contributed by atoms with Crippen LogP contribution in [-0.4, -0.2) is 13.7 Å². The topological polar surface area (TPSA) is 60.2 Å². The third-order valence-electron chi connectivity index (χ3n) is 2.21. The molecule has 0 fully saturated rings. The molecule has 1 rings (SSSR count). The van der Waals surface area contributed by atoms with Crippen molar-refractivity contribution in [3.8, 4) is 0 Å². The molecule has 0 atom stereocenters. The Labute approximate surface area is 84.9 Å². The van der Waals surface area contributed by atoms with E-state index in [1.165, 1.54) is 0 Å². The van der Waals surface area contributed by atoms with Gasteiger partial charge in [0.05, 0.1) is 15.8 Å². The molecule has 0 radical (unpaired) electrons. The second-order valence-corrected chi connectivity index (χ2v) is 6.05. The third kappa shape index (κ3) is 1.75. The first kappa shape index (κ1) is 11.0. The Morgan fingerprint density at radius 3 is 2.36 bits per heavy atom. The zero-order chi connectivity index (χ0) is 10.9. The molecular formula is C10H15NO2S. The number of nitrogens with two attached hydrogens (primary N) is 1. The molecule has 4 heteroatoms. The molecule has 0 bridgehead atoms. The molecular weight excluding hydrogens is 198 g/mol. The molecule has 0 spiro atoms. The molecule has 0 heterocycles. The largest absolute Gasteiger partial charge is 0.397 e. The number of rotatable bonds is 2. The lowest BCUT2D eigenvalue weighted by Gasteiger charge is -2.11. The van der Waals surface area contributed by atoms with Gasteiger partial charge in [-0.05, 0) is 32.4 Å². The van der Waals surface area contributed by atoms with Gasteiger partial charge < -0.3 is 5.73 Å². The number of hydrogen-bond acceptors (Lipinski definition) is 3. The van der Waals surface area contributed by atoms with Gasteiger partial charge in [-0.2, -0.15) is 0 Å². The van der Waals surface area contributed by atoms with Crippen LogP contribution in [0.3, 0.4) is 0 Å². The third-order valence-corrected chi connectivity index (χ3v) is 4.42. The van der Waals surface area contributed by atoms with E-state index >= 15 is 0 Å². The molecule has 0 amide bonds. The molecule has 0 aromatic heterocycles. The van der Waals surface area contributed by atoms with E-state index in [0.29, 0.717) is 5.69 Å². The van der Waals surface area contributed by atoms with Crippen molar-refractivity contribution >= 4 is 15.5 Å². The highest BCUT2D eigenvalue weighted by molar-refractivity contribution is 7.92. The van der Waals surface area contributed by atoms with Gasteiger partial charge in [-0.25, -0.2) is 8.42 Å². The van der Waals surface area contributed by atoms with E-state index < -0.39 is 15.1 Å². The Bertz CT molecular complexity index is 435. The first-order valence-electron chi connectivity index (χ1n) is 4.46. The van der Waals surface area contributed by atoms with Crippen molar-refractivity contribution in [1.29, 1.82) is 0 Å². The lowest BCUT2D eigenvalue weighted by molar-refractivity contribution is 0.587. The predicted octanol–water partition coefficient (Wildman–Crippen LogP) is 1.76. The van der Waals surface area contributed by atoms with Crippen LogP contribution in [0.15, 0.2) is 23.1 Å². The maximum atomic E-state index is 11.8. The summed E-state index contributed by atoms with van der Waals surface area (Å²) in [5.41, 5.74) is 6.89. The van der Waals surface area contributed by atoms with Crippen LogP contribution in [0.5, 0.6) is 0 Å². The predicted molar refractivity (Wildman–Crippen MR) is 57.9 cm³/mol. The average Bonchev–Trinajstić information content (AvgIpc) is 2.09. The molecule has 14 heavy (non-hydrogen) atoms. The van der Waals surface area contributed by atoms with E-state index in [2.05, 4.69) is 0 Å². The zero-order valence-electron chi connectivity index (χ0n) is 8.61. The lowest BCUT2D eigenvalue weighted by atomic mass is 10.2. The molecule has 3 nitrogen and oxygen atoms in total. The van der Waals surface area contributed by atoms with E-state index in [1.54, 1.807) is 39.0 Å². The van der Waals surface area contributed by atoms with Crippen molar-refractivity contribution in [3.05, 3.63) is 23.8 Å². The van der Waals surface area contributed by atoms with E-state index in [9.17, 15) is 8.42 Å². The number of aryl methyl sites for hydroxylation is 1. The Morgan fingerprint density at radius 1 is 1.29 bits per heavy atom. The van der Waals surface area contributed by atoms with Crippen LogP contribution in [0.1, 0.15) is 19.4 Å². The summed E-state index contributed by atoms with van der Waals surface area (Å²) in [7, 11) is -3.26. The summed E-state index contributed by atoms with van der Waals surface area (Å²) in [4.78, 5) is 0.243. The molecule has 0 saturated heterocycles. The van der Waals surface area contributed by atoms with Crippen LogP contribution >= 0.6 is 0 Å². The summed E-state index contributed by atoms with van der Waals surface area (Å²) in [6.07, 6.45) is 0. The number of benzene rings is 1. The minimum atomic E-state index is -3.26. The van der Waals surface area contributed by atoms with Crippen LogP contribution in [0.2, 0.25) is 0 Å². The van der Waals surface area contributed by atoms with Gasteiger partial charge in [-0.3, -0.25) is 0 Å². The Balaban J connectivity index is 3.42. The Morgan fingerprint density at radius 2 is 1.86 bits per heavy atom. The standard InChI is InChI=1S/C10H15NO2S/c1-7(2)14(12,13)9-6-4-5-8(3)10(9)11/h4-7H,11H2,1-3H3. The minimum Gasteiger partial charge on any atom is -0.397 e. The van der Waals surface area contributed by atoms with E-state index in [1.807, 2.05) is 0 Å². The van der Waals surface area contributed by atoms with Gasteiger partial charge in [-0.15, -0.1) is 0 Å². The monoisotopic (exact) mass is 213 g/mol. The van der Waals surface area contributed by atoms with Crippen LogP contribution in [0.4, 0.5) is 5.69 Å². The summed E-state index contributed by atoms with van der Waals surface area (Å²) < 4.78 is 23.6. The average molecular weight is 213 g/mol. The molecule has 78 valence electrons. The maximum absolute atomic E-state index is 11.8. The Hall–Kier alpha value is -1.03. The van der Waals surface area contributed by atoms with Crippen LogP contribution in [-0.2, 0) is 9.84 Å². The molecule has 0 aliphatic heterocycles. The SMILES string of the molecule is Cc1cccc(S(=O)(=O)C(C)C)c1N. The van der Waals surface area contributed by atoms with Gasteiger partial charge in [0, 0.05) is 0 Å². The van der Waals surface area contributed by atoms with Crippen molar-refractivity contribution in [2.24, 2.45) is 0 Å². The molecule has 0 unspecified atom stereocenters. The fourth-order valence-corrected chi connectivity index (χ4v) is 2.40. The summed E-state index contributed by atoms with van der Waals surface area (Å²) in [6.45, 7) is 5.10. The quantitative estimate of drug-likeness (QED) is 0.761. The fourth-order valence-electron chi connectivity index (χ4n) is 1.16. The highest BCUT2D eigenvalue weighted by atomic mass is 32.2. The molecule has 2 N–H and O–H groups in total. The van der Waals surface area contributed by atoms with Gasteiger partial charge in [0.25, 0.3) is 0 Å². The zero-order valence-corrected chi connectivity index (χ0v) is 9.43. The molecule has 1 aromatic carbocycles. The number of para-hydroxylation sites is 1. The number of anilines is 1. The highest BCUT2D eigenvalue weighted by Gasteiger charge is 2.21. The van der Waals surface area contributed by atoms with Crippen LogP contribution in [0, 0.1) is 6.92 Å². The van der Waals surface area contributed by atoms with Crippen molar-refractivity contribution in [1.82, 2.24) is 0 Å². The fraction of sp³-hybridized carbons (Fsp3) is 0.400. The summed E-state index contributed by atoms with van der Waals surface area (Å²) in [6, 6.07) is 5.06. The highest BCUT2D eigenvalue weighted by Crippen LogP contribution is 2.24. The van der Waals surface area contributed by atoms with Gasteiger partial charge in [-0.1, -0.05) is 12.1 Å². The number of hydrogen-bond donors (Lipinski definition) is 1. The molecule has 0 aliphatic carbocycles. The van der Waals surface area contributed by atoms with Gasteiger partial charge in [0.1, 0.15) is 0 Å². The van der Waals surface area contributed by atoms with E-state index in [0.717, 1.165) is 5.56 Å². The second kappa shape index (κ2) is 3.61. The molecule has 1 aromatic rings. The van der Waals surface area contributed by atoms with Crippen molar-refractivity contribution in [2.75, 3.05) is 5.73 Å². The maximum Gasteiger partial charge on any atom is 0.182 e. The minimum absolute atomic E-state index is 0.243.